The van der Waals surface area contributed by atoms with Crippen LogP contribution in [0.1, 0.15) is 19.4 Å². The monoisotopic (exact) mass is 216 g/mol. The van der Waals surface area contributed by atoms with Crippen molar-refractivity contribution in [3.63, 3.8) is 0 Å². The maximum absolute atomic E-state index is 9.96. The normalized spacial score (nSPS) is 11.9. The highest BCUT2D eigenvalue weighted by molar-refractivity contribution is 5.88. The summed E-state index contributed by atoms with van der Waals surface area (Å²) in [6.07, 6.45) is 0. The topological polar surface area (TPSA) is 40.5 Å². The van der Waals surface area contributed by atoms with Crippen molar-refractivity contribution in [3.05, 3.63) is 42.0 Å². The van der Waals surface area contributed by atoms with E-state index in [4.69, 9.17) is 0 Å². The van der Waals surface area contributed by atoms with Crippen molar-refractivity contribution < 1.29 is 10.2 Å². The molecule has 0 unspecified atom stereocenters. The number of rotatable bonds is 2. The van der Waals surface area contributed by atoms with Crippen molar-refractivity contribution in [2.75, 3.05) is 6.61 Å². The van der Waals surface area contributed by atoms with Gasteiger partial charge >= 0.3 is 0 Å². The number of aliphatic hydroxyl groups is 1. The Balaban J connectivity index is 2.81. The van der Waals surface area contributed by atoms with Crippen molar-refractivity contribution in [1.82, 2.24) is 0 Å². The second-order valence-electron chi connectivity index (χ2n) is 4.72. The van der Waals surface area contributed by atoms with Gasteiger partial charge in [0.1, 0.15) is 5.75 Å². The summed E-state index contributed by atoms with van der Waals surface area (Å²) in [6, 6.07) is 11.5. The van der Waals surface area contributed by atoms with Gasteiger partial charge in [0.2, 0.25) is 0 Å². The molecule has 0 aliphatic carbocycles. The summed E-state index contributed by atoms with van der Waals surface area (Å²) in [7, 11) is 0. The number of hydrogen-bond acceptors (Lipinski definition) is 2. The van der Waals surface area contributed by atoms with Gasteiger partial charge in [-0.2, -0.15) is 0 Å². The number of fused-ring (bicyclic) bond motifs is 1. The number of aromatic hydroxyl groups is 1. The van der Waals surface area contributed by atoms with Crippen LogP contribution in [0.3, 0.4) is 0 Å². The van der Waals surface area contributed by atoms with Gasteiger partial charge in [-0.15, -0.1) is 0 Å². The highest BCUT2D eigenvalue weighted by Gasteiger charge is 2.25. The van der Waals surface area contributed by atoms with Gasteiger partial charge in [0.15, 0.2) is 0 Å². The molecule has 2 nitrogen and oxygen atoms in total. The molecule has 0 bridgehead atoms. The predicted octanol–water partition coefficient (Wildman–Crippen LogP) is 2.82. The molecule has 0 fully saturated rings. The van der Waals surface area contributed by atoms with E-state index in [9.17, 15) is 10.2 Å². The van der Waals surface area contributed by atoms with E-state index < -0.39 is 5.41 Å². The van der Waals surface area contributed by atoms with Gasteiger partial charge in [-0.1, -0.05) is 44.2 Å². The van der Waals surface area contributed by atoms with Gasteiger partial charge in [-0.05, 0) is 16.8 Å². The number of phenols is 1. The Bertz CT molecular complexity index is 515. The summed E-state index contributed by atoms with van der Waals surface area (Å²) in [6.45, 7) is 3.86. The van der Waals surface area contributed by atoms with Gasteiger partial charge in [0.25, 0.3) is 0 Å². The Morgan fingerprint density at radius 1 is 1.06 bits per heavy atom. The number of phenolic OH excluding ortho intramolecular Hbond substituents is 1. The molecule has 0 atom stereocenters. The number of hydrogen-bond donors (Lipinski definition) is 2. The minimum atomic E-state index is -0.440. The molecule has 0 amide bonds. The lowest BCUT2D eigenvalue weighted by Crippen LogP contribution is -2.22. The van der Waals surface area contributed by atoms with Crippen LogP contribution in [0, 0.1) is 0 Å². The Morgan fingerprint density at radius 2 is 1.75 bits per heavy atom. The fourth-order valence-electron chi connectivity index (χ4n) is 2.05. The summed E-state index contributed by atoms with van der Waals surface area (Å²) in [4.78, 5) is 0. The smallest absolute Gasteiger partial charge is 0.120 e. The summed E-state index contributed by atoms with van der Waals surface area (Å²) < 4.78 is 0. The second-order valence-corrected chi connectivity index (χ2v) is 4.72. The fourth-order valence-corrected chi connectivity index (χ4v) is 2.05. The highest BCUT2D eigenvalue weighted by atomic mass is 16.3. The third kappa shape index (κ3) is 1.65. The lowest BCUT2D eigenvalue weighted by Gasteiger charge is -2.25. The zero-order chi connectivity index (χ0) is 11.8. The van der Waals surface area contributed by atoms with E-state index in [-0.39, 0.29) is 12.4 Å². The van der Waals surface area contributed by atoms with Crippen molar-refractivity contribution in [3.8, 4) is 5.75 Å². The minimum Gasteiger partial charge on any atom is -0.508 e. The van der Waals surface area contributed by atoms with Crippen LogP contribution in [0.5, 0.6) is 5.75 Å². The summed E-state index contributed by atoms with van der Waals surface area (Å²) in [5.41, 5.74) is 0.374. The third-order valence-electron chi connectivity index (χ3n) is 2.98. The summed E-state index contributed by atoms with van der Waals surface area (Å²) in [5.74, 6) is 0.248. The molecule has 0 aromatic heterocycles. The predicted molar refractivity (Wildman–Crippen MR) is 65.7 cm³/mol. The van der Waals surface area contributed by atoms with Crippen LogP contribution in [0.25, 0.3) is 10.8 Å². The van der Waals surface area contributed by atoms with Crippen LogP contribution in [0.4, 0.5) is 0 Å². The molecule has 2 aromatic rings. The molecule has 0 aliphatic rings. The van der Waals surface area contributed by atoms with Gasteiger partial charge in [-0.3, -0.25) is 0 Å². The van der Waals surface area contributed by atoms with E-state index in [2.05, 4.69) is 0 Å². The summed E-state index contributed by atoms with van der Waals surface area (Å²) in [5, 5.41) is 21.5. The van der Waals surface area contributed by atoms with Gasteiger partial charge in [0.05, 0.1) is 6.61 Å². The van der Waals surface area contributed by atoms with Crippen LogP contribution < -0.4 is 0 Å². The standard InChI is InChI=1S/C14H16O2/c1-14(2,9-15)13-11-6-4-3-5-10(11)7-8-12(13)16/h3-8,15-16H,9H2,1-2H3. The third-order valence-corrected chi connectivity index (χ3v) is 2.98. The van der Waals surface area contributed by atoms with Crippen LogP contribution in [0.2, 0.25) is 0 Å². The van der Waals surface area contributed by atoms with E-state index in [0.29, 0.717) is 0 Å². The Morgan fingerprint density at radius 3 is 2.44 bits per heavy atom. The minimum absolute atomic E-state index is 0.00850. The van der Waals surface area contributed by atoms with E-state index in [0.717, 1.165) is 16.3 Å². The Hall–Kier alpha value is -1.54. The van der Waals surface area contributed by atoms with Gasteiger partial charge in [0, 0.05) is 11.0 Å². The first kappa shape index (κ1) is 11.0. The SMILES string of the molecule is CC(C)(CO)c1c(O)ccc2ccccc12. The van der Waals surface area contributed by atoms with E-state index in [1.165, 1.54) is 0 Å². The van der Waals surface area contributed by atoms with Crippen molar-refractivity contribution >= 4 is 10.8 Å². The zero-order valence-corrected chi connectivity index (χ0v) is 9.57. The quantitative estimate of drug-likeness (QED) is 0.810. The molecule has 0 spiro atoms. The summed E-state index contributed by atoms with van der Waals surface area (Å²) >= 11 is 0. The van der Waals surface area contributed by atoms with Crippen molar-refractivity contribution in [1.29, 1.82) is 0 Å². The largest absolute Gasteiger partial charge is 0.508 e. The maximum Gasteiger partial charge on any atom is 0.120 e. The lowest BCUT2D eigenvalue weighted by atomic mass is 9.82. The average Bonchev–Trinajstić information content (AvgIpc) is 2.28. The second kappa shape index (κ2) is 3.80. The van der Waals surface area contributed by atoms with Crippen LogP contribution in [-0.2, 0) is 5.41 Å². The molecule has 84 valence electrons. The van der Waals surface area contributed by atoms with Crippen LogP contribution in [0.15, 0.2) is 36.4 Å². The van der Waals surface area contributed by atoms with E-state index >= 15 is 0 Å². The molecule has 2 rings (SSSR count). The molecule has 0 aliphatic heterocycles. The van der Waals surface area contributed by atoms with Crippen molar-refractivity contribution in [2.45, 2.75) is 19.3 Å². The maximum atomic E-state index is 9.96. The molecule has 0 saturated carbocycles. The lowest BCUT2D eigenvalue weighted by molar-refractivity contribution is 0.216. The molecular weight excluding hydrogens is 200 g/mol. The highest BCUT2D eigenvalue weighted by Crippen LogP contribution is 2.36. The van der Waals surface area contributed by atoms with Gasteiger partial charge in [-0.25, -0.2) is 0 Å². The first-order chi connectivity index (χ1) is 7.56. The van der Waals surface area contributed by atoms with Crippen LogP contribution in [-0.4, -0.2) is 16.8 Å². The van der Waals surface area contributed by atoms with E-state index in [1.54, 1.807) is 6.07 Å². The van der Waals surface area contributed by atoms with E-state index in [1.807, 2.05) is 44.2 Å². The molecule has 0 saturated heterocycles. The molecule has 2 heteroatoms. The van der Waals surface area contributed by atoms with Crippen LogP contribution >= 0.6 is 0 Å². The number of benzene rings is 2. The van der Waals surface area contributed by atoms with Gasteiger partial charge < -0.3 is 10.2 Å². The molecular formula is C14H16O2. The Labute approximate surface area is 95.2 Å². The molecule has 0 radical (unpaired) electrons. The zero-order valence-electron chi connectivity index (χ0n) is 9.57. The molecule has 2 N–H and O–H groups in total. The van der Waals surface area contributed by atoms with Crippen molar-refractivity contribution in [2.24, 2.45) is 0 Å². The average molecular weight is 216 g/mol. The number of aliphatic hydroxyl groups excluding tert-OH is 1. The first-order valence-corrected chi connectivity index (χ1v) is 5.38. The fraction of sp³-hybridized carbons (Fsp3) is 0.286. The molecule has 0 heterocycles. The molecule has 2 aromatic carbocycles. The molecule has 16 heavy (non-hydrogen) atoms. The first-order valence-electron chi connectivity index (χ1n) is 5.38. The Kier molecular flexibility index (Phi) is 2.60.